The van der Waals surface area contributed by atoms with Gasteiger partial charge in [-0.3, -0.25) is 0 Å². The monoisotopic (exact) mass is 183 g/mol. The van der Waals surface area contributed by atoms with Crippen molar-refractivity contribution in [2.75, 3.05) is 0 Å². The first kappa shape index (κ1) is 9.07. The van der Waals surface area contributed by atoms with Crippen molar-refractivity contribution in [3.05, 3.63) is 34.9 Å². The van der Waals surface area contributed by atoms with Crippen LogP contribution in [0.3, 0.4) is 0 Å². The van der Waals surface area contributed by atoms with E-state index in [1.165, 1.54) is 0 Å². The summed E-state index contributed by atoms with van der Waals surface area (Å²) in [5, 5.41) is 12.2. The molecule has 0 spiro atoms. The minimum atomic E-state index is 0.636. The fraction of sp³-hybridized carbons (Fsp3) is 0.222. The van der Waals surface area contributed by atoms with Gasteiger partial charge in [0.2, 0.25) is 0 Å². The highest BCUT2D eigenvalue weighted by molar-refractivity contribution is 6.30. The summed E-state index contributed by atoms with van der Waals surface area (Å²) in [5.74, 6) is 0. The summed E-state index contributed by atoms with van der Waals surface area (Å²) in [5.41, 5.74) is 1.73. The molecule has 0 saturated carbocycles. The predicted molar refractivity (Wildman–Crippen MR) is 50.1 cm³/mol. The zero-order valence-electron chi connectivity index (χ0n) is 6.79. The lowest BCUT2D eigenvalue weighted by atomic mass is 10.1. The highest BCUT2D eigenvalue weighted by Gasteiger charge is 1.96. The zero-order chi connectivity index (χ0) is 8.97. The quantitative estimate of drug-likeness (QED) is 0.427. The molecule has 12 heavy (non-hydrogen) atoms. The molecule has 64 valence electrons. The van der Waals surface area contributed by atoms with Gasteiger partial charge in [-0.25, -0.2) is 0 Å². The third-order valence-electron chi connectivity index (χ3n) is 1.52. The normalized spacial score (nSPS) is 11.7. The van der Waals surface area contributed by atoms with Gasteiger partial charge in [-0.15, -0.1) is 0 Å². The second kappa shape index (κ2) is 4.12. The van der Waals surface area contributed by atoms with Crippen LogP contribution in [-0.2, 0) is 6.42 Å². The van der Waals surface area contributed by atoms with E-state index in [0.717, 1.165) is 5.56 Å². The van der Waals surface area contributed by atoms with Gasteiger partial charge in [0.05, 0.1) is 5.71 Å². The van der Waals surface area contributed by atoms with Crippen molar-refractivity contribution in [3.63, 3.8) is 0 Å². The Labute approximate surface area is 76.5 Å². The Balaban J connectivity index is 2.76. The van der Waals surface area contributed by atoms with Gasteiger partial charge in [-0.1, -0.05) is 28.9 Å². The van der Waals surface area contributed by atoms with Gasteiger partial charge in [0.15, 0.2) is 0 Å². The van der Waals surface area contributed by atoms with Gasteiger partial charge in [0.25, 0.3) is 0 Å². The second-order valence-corrected chi connectivity index (χ2v) is 3.08. The summed E-state index contributed by atoms with van der Waals surface area (Å²) in [6.07, 6.45) is 0.636. The molecule has 0 fully saturated rings. The van der Waals surface area contributed by atoms with Crippen molar-refractivity contribution >= 4 is 17.3 Å². The van der Waals surface area contributed by atoms with E-state index in [2.05, 4.69) is 5.16 Å². The van der Waals surface area contributed by atoms with E-state index >= 15 is 0 Å². The van der Waals surface area contributed by atoms with Crippen molar-refractivity contribution in [1.82, 2.24) is 0 Å². The Morgan fingerprint density at radius 1 is 1.58 bits per heavy atom. The minimum Gasteiger partial charge on any atom is -0.411 e. The van der Waals surface area contributed by atoms with Crippen LogP contribution in [0.2, 0.25) is 5.02 Å². The SMILES string of the molecule is C/C(Cc1cccc(Cl)c1)=N/O. The van der Waals surface area contributed by atoms with Gasteiger partial charge >= 0.3 is 0 Å². The predicted octanol–water partition coefficient (Wildman–Crippen LogP) is 2.73. The van der Waals surface area contributed by atoms with E-state index < -0.39 is 0 Å². The molecule has 0 saturated heterocycles. The van der Waals surface area contributed by atoms with Crippen LogP contribution in [0.25, 0.3) is 0 Å². The fourth-order valence-electron chi connectivity index (χ4n) is 0.978. The molecule has 0 bridgehead atoms. The summed E-state index contributed by atoms with van der Waals surface area (Å²) in [6.45, 7) is 1.76. The molecule has 0 aliphatic rings. The number of halogens is 1. The van der Waals surface area contributed by atoms with Crippen LogP contribution >= 0.6 is 11.6 Å². The largest absolute Gasteiger partial charge is 0.411 e. The lowest BCUT2D eigenvalue weighted by Crippen LogP contribution is -1.96. The molecule has 1 N–H and O–H groups in total. The van der Waals surface area contributed by atoms with Crippen LogP contribution in [0, 0.1) is 0 Å². The molecule has 3 heteroatoms. The van der Waals surface area contributed by atoms with E-state index in [9.17, 15) is 0 Å². The molecular formula is C9H10ClNO. The number of hydrogen-bond donors (Lipinski definition) is 1. The molecule has 2 nitrogen and oxygen atoms in total. The van der Waals surface area contributed by atoms with Crippen LogP contribution in [-0.4, -0.2) is 10.9 Å². The Bertz CT molecular complexity index is 296. The first-order valence-corrected chi connectivity index (χ1v) is 4.02. The van der Waals surface area contributed by atoms with Crippen LogP contribution in [0.1, 0.15) is 12.5 Å². The molecule has 1 aromatic carbocycles. The van der Waals surface area contributed by atoms with Crippen LogP contribution in [0.5, 0.6) is 0 Å². The topological polar surface area (TPSA) is 32.6 Å². The Hall–Kier alpha value is -1.02. The molecule has 0 amide bonds. The summed E-state index contributed by atoms with van der Waals surface area (Å²) in [4.78, 5) is 0. The fourth-order valence-corrected chi connectivity index (χ4v) is 1.19. The number of benzene rings is 1. The van der Waals surface area contributed by atoms with Gasteiger partial charge in [-0.05, 0) is 24.6 Å². The Morgan fingerprint density at radius 3 is 2.92 bits per heavy atom. The van der Waals surface area contributed by atoms with Crippen molar-refractivity contribution in [2.45, 2.75) is 13.3 Å². The number of rotatable bonds is 2. The lowest BCUT2D eigenvalue weighted by molar-refractivity contribution is 0.317. The molecule has 1 rings (SSSR count). The van der Waals surface area contributed by atoms with Crippen molar-refractivity contribution in [1.29, 1.82) is 0 Å². The third-order valence-corrected chi connectivity index (χ3v) is 1.75. The average molecular weight is 184 g/mol. The van der Waals surface area contributed by atoms with E-state index in [-0.39, 0.29) is 0 Å². The Morgan fingerprint density at radius 2 is 2.33 bits per heavy atom. The van der Waals surface area contributed by atoms with Crippen LogP contribution in [0.4, 0.5) is 0 Å². The maximum atomic E-state index is 8.42. The summed E-state index contributed by atoms with van der Waals surface area (Å²) >= 11 is 5.77. The molecule has 0 aliphatic heterocycles. The van der Waals surface area contributed by atoms with E-state index in [1.54, 1.807) is 6.92 Å². The van der Waals surface area contributed by atoms with Gasteiger partial charge in [0.1, 0.15) is 0 Å². The average Bonchev–Trinajstić information content (AvgIpc) is 2.04. The molecule has 0 aliphatic carbocycles. The molecule has 0 aromatic heterocycles. The lowest BCUT2D eigenvalue weighted by Gasteiger charge is -1.98. The third kappa shape index (κ3) is 2.55. The minimum absolute atomic E-state index is 0.636. The smallest absolute Gasteiger partial charge is 0.0583 e. The van der Waals surface area contributed by atoms with Crippen molar-refractivity contribution in [3.8, 4) is 0 Å². The molecule has 0 heterocycles. The maximum absolute atomic E-state index is 8.42. The van der Waals surface area contributed by atoms with Gasteiger partial charge in [0, 0.05) is 11.4 Å². The van der Waals surface area contributed by atoms with Crippen molar-refractivity contribution < 1.29 is 5.21 Å². The zero-order valence-corrected chi connectivity index (χ0v) is 7.54. The number of nitrogens with zero attached hydrogens (tertiary/aromatic N) is 1. The number of oxime groups is 1. The first-order chi connectivity index (χ1) is 5.72. The van der Waals surface area contributed by atoms with Gasteiger partial charge < -0.3 is 5.21 Å². The first-order valence-electron chi connectivity index (χ1n) is 3.64. The van der Waals surface area contributed by atoms with E-state index in [1.807, 2.05) is 24.3 Å². The van der Waals surface area contributed by atoms with Gasteiger partial charge in [-0.2, -0.15) is 0 Å². The molecule has 0 radical (unpaired) electrons. The summed E-state index contributed by atoms with van der Waals surface area (Å²) in [7, 11) is 0. The molecular weight excluding hydrogens is 174 g/mol. The molecule has 0 unspecified atom stereocenters. The Kier molecular flexibility index (Phi) is 3.11. The summed E-state index contributed by atoms with van der Waals surface area (Å²) < 4.78 is 0. The number of hydrogen-bond acceptors (Lipinski definition) is 2. The van der Waals surface area contributed by atoms with E-state index in [0.29, 0.717) is 17.2 Å². The van der Waals surface area contributed by atoms with E-state index in [4.69, 9.17) is 16.8 Å². The van der Waals surface area contributed by atoms with Crippen LogP contribution in [0.15, 0.2) is 29.4 Å². The standard InChI is InChI=1S/C9H10ClNO/c1-7(11-12)5-8-3-2-4-9(10)6-8/h2-4,6,12H,5H2,1H3/b11-7-. The molecule has 1 aromatic rings. The highest BCUT2D eigenvalue weighted by Crippen LogP contribution is 2.11. The second-order valence-electron chi connectivity index (χ2n) is 2.64. The highest BCUT2D eigenvalue weighted by atomic mass is 35.5. The van der Waals surface area contributed by atoms with Crippen molar-refractivity contribution in [2.24, 2.45) is 5.16 Å². The van der Waals surface area contributed by atoms with Crippen LogP contribution < -0.4 is 0 Å². The molecule has 0 atom stereocenters. The maximum Gasteiger partial charge on any atom is 0.0583 e. The summed E-state index contributed by atoms with van der Waals surface area (Å²) in [6, 6.07) is 7.50.